The maximum absolute atomic E-state index is 12.5. The van der Waals surface area contributed by atoms with Crippen LogP contribution in [0.3, 0.4) is 0 Å². The van der Waals surface area contributed by atoms with Crippen molar-refractivity contribution in [2.45, 2.75) is 13.1 Å². The molecule has 0 spiro atoms. The van der Waals surface area contributed by atoms with E-state index in [0.29, 0.717) is 11.3 Å². The van der Waals surface area contributed by atoms with Crippen molar-refractivity contribution >= 4 is 27.5 Å². The molecule has 0 aliphatic carbocycles. The largest absolute Gasteiger partial charge is 0.507 e. The molecule has 0 bridgehead atoms. The van der Waals surface area contributed by atoms with E-state index in [-0.39, 0.29) is 11.3 Å². The topological polar surface area (TPSA) is 61.7 Å². The van der Waals surface area contributed by atoms with Gasteiger partial charge in [-0.25, -0.2) is 5.43 Å². The highest BCUT2D eigenvalue weighted by molar-refractivity contribution is 9.10. The van der Waals surface area contributed by atoms with Gasteiger partial charge in [0.2, 0.25) is 0 Å². The summed E-state index contributed by atoms with van der Waals surface area (Å²) in [5.74, 6) is -0.666. The highest BCUT2D eigenvalue weighted by atomic mass is 79.9. The number of hydrazone groups is 1. The highest BCUT2D eigenvalue weighted by Crippen LogP contribution is 2.29. The molecule has 2 aromatic rings. The lowest BCUT2D eigenvalue weighted by molar-refractivity contribution is -0.137. The lowest BCUT2D eigenvalue weighted by Gasteiger charge is -2.08. The summed E-state index contributed by atoms with van der Waals surface area (Å²) < 4.78 is 38.2. The Morgan fingerprint density at radius 3 is 2.38 bits per heavy atom. The van der Waals surface area contributed by atoms with Gasteiger partial charge in [0.05, 0.1) is 11.3 Å². The van der Waals surface area contributed by atoms with Gasteiger partial charge in [0.25, 0.3) is 5.91 Å². The molecule has 0 aliphatic heterocycles. The van der Waals surface area contributed by atoms with Crippen LogP contribution in [0.15, 0.2) is 52.0 Å². The fourth-order valence-electron chi connectivity index (χ4n) is 1.87. The van der Waals surface area contributed by atoms with Crippen molar-refractivity contribution in [1.82, 2.24) is 5.43 Å². The van der Waals surface area contributed by atoms with Crippen LogP contribution in [-0.2, 0) is 6.18 Å². The summed E-state index contributed by atoms with van der Waals surface area (Å²) in [6.07, 6.45) is -4.46. The number of nitrogens with zero attached hydrogens (tertiary/aromatic N) is 1. The van der Waals surface area contributed by atoms with Crippen LogP contribution in [0.5, 0.6) is 5.75 Å². The maximum Gasteiger partial charge on any atom is 0.416 e. The zero-order valence-electron chi connectivity index (χ0n) is 12.4. The Bertz CT molecular complexity index is 787. The number of halogens is 4. The van der Waals surface area contributed by atoms with Crippen molar-refractivity contribution < 1.29 is 23.1 Å². The number of aromatic hydroxyl groups is 1. The van der Waals surface area contributed by atoms with Gasteiger partial charge in [-0.1, -0.05) is 15.9 Å². The number of rotatable bonds is 3. The predicted molar refractivity (Wildman–Crippen MR) is 86.9 cm³/mol. The first-order valence-electron chi connectivity index (χ1n) is 6.69. The van der Waals surface area contributed by atoms with Crippen molar-refractivity contribution in [2.24, 2.45) is 5.10 Å². The number of phenolic OH excluding ortho intramolecular Hbond substituents is 1. The number of hydrogen-bond donors (Lipinski definition) is 2. The van der Waals surface area contributed by atoms with Crippen LogP contribution >= 0.6 is 15.9 Å². The molecule has 0 radical (unpaired) electrons. The van der Waals surface area contributed by atoms with Gasteiger partial charge < -0.3 is 5.11 Å². The van der Waals surface area contributed by atoms with E-state index < -0.39 is 17.6 Å². The number of carbonyl (C=O) groups is 1. The molecule has 126 valence electrons. The Morgan fingerprint density at radius 2 is 1.79 bits per heavy atom. The molecule has 0 saturated heterocycles. The Morgan fingerprint density at radius 1 is 1.17 bits per heavy atom. The number of alkyl halides is 3. The van der Waals surface area contributed by atoms with Gasteiger partial charge in [0.15, 0.2) is 0 Å². The van der Waals surface area contributed by atoms with Crippen LogP contribution in [0.1, 0.15) is 28.4 Å². The third-order valence-electron chi connectivity index (χ3n) is 3.15. The fourth-order valence-corrected chi connectivity index (χ4v) is 2.23. The molecule has 8 heteroatoms. The van der Waals surface area contributed by atoms with E-state index in [2.05, 4.69) is 26.5 Å². The quantitative estimate of drug-likeness (QED) is 0.594. The number of benzene rings is 2. The van der Waals surface area contributed by atoms with E-state index >= 15 is 0 Å². The number of carbonyl (C=O) groups excluding carboxylic acids is 1. The zero-order chi connectivity index (χ0) is 17.9. The Hall–Kier alpha value is -2.35. The summed E-state index contributed by atoms with van der Waals surface area (Å²) in [5.41, 5.74) is 2.20. The maximum atomic E-state index is 12.5. The molecule has 2 N–H and O–H groups in total. The second-order valence-corrected chi connectivity index (χ2v) is 5.79. The van der Waals surface area contributed by atoms with E-state index in [1.54, 1.807) is 19.1 Å². The molecule has 0 saturated carbocycles. The number of phenols is 1. The first kappa shape index (κ1) is 18.0. The first-order valence-corrected chi connectivity index (χ1v) is 7.48. The summed E-state index contributed by atoms with van der Waals surface area (Å²) >= 11 is 3.26. The Balaban J connectivity index is 2.13. The van der Waals surface area contributed by atoms with E-state index in [1.165, 1.54) is 6.07 Å². The Kier molecular flexibility index (Phi) is 5.28. The second-order valence-electron chi connectivity index (χ2n) is 4.87. The van der Waals surface area contributed by atoms with Crippen LogP contribution in [0.2, 0.25) is 0 Å². The predicted octanol–water partition coefficient (Wildman–Crippen LogP) is 4.33. The normalized spacial score (nSPS) is 12.1. The monoisotopic (exact) mass is 400 g/mol. The van der Waals surface area contributed by atoms with Gasteiger partial charge in [0, 0.05) is 15.6 Å². The summed E-state index contributed by atoms with van der Waals surface area (Å²) in [6.45, 7) is 1.58. The van der Waals surface area contributed by atoms with Crippen LogP contribution in [0.25, 0.3) is 0 Å². The third kappa shape index (κ3) is 4.35. The molecule has 0 fully saturated rings. The van der Waals surface area contributed by atoms with Gasteiger partial charge in [-0.15, -0.1) is 0 Å². The standard InChI is InChI=1S/C16H12BrF3N2O2/c1-9(13-8-12(17)6-7-14(13)23)21-22-15(24)10-2-4-11(5-3-10)16(18,19)20/h2-8,23H,1H3,(H,22,24). The average molecular weight is 401 g/mol. The van der Waals surface area contributed by atoms with Gasteiger partial charge in [-0.2, -0.15) is 18.3 Å². The molecule has 0 heterocycles. The van der Waals surface area contributed by atoms with Crippen molar-refractivity contribution in [3.63, 3.8) is 0 Å². The first-order chi connectivity index (χ1) is 11.2. The number of nitrogens with one attached hydrogen (secondary N) is 1. The molecule has 4 nitrogen and oxygen atoms in total. The lowest BCUT2D eigenvalue weighted by atomic mass is 10.1. The molecular weight excluding hydrogens is 389 g/mol. The Labute approximate surface area is 144 Å². The van der Waals surface area contributed by atoms with E-state index in [4.69, 9.17) is 0 Å². The molecule has 2 aromatic carbocycles. The van der Waals surface area contributed by atoms with Crippen LogP contribution < -0.4 is 5.43 Å². The third-order valence-corrected chi connectivity index (χ3v) is 3.64. The van der Waals surface area contributed by atoms with Crippen LogP contribution in [0.4, 0.5) is 13.2 Å². The van der Waals surface area contributed by atoms with Crippen molar-refractivity contribution in [3.05, 3.63) is 63.6 Å². The summed E-state index contributed by atoms with van der Waals surface area (Å²) in [4.78, 5) is 11.9. The van der Waals surface area contributed by atoms with Crippen LogP contribution in [-0.4, -0.2) is 16.7 Å². The number of hydrogen-bond acceptors (Lipinski definition) is 3. The molecule has 0 aromatic heterocycles. The molecule has 0 atom stereocenters. The summed E-state index contributed by atoms with van der Waals surface area (Å²) in [7, 11) is 0. The highest BCUT2D eigenvalue weighted by Gasteiger charge is 2.30. The number of amides is 1. The molecule has 1 amide bonds. The van der Waals surface area contributed by atoms with Gasteiger partial charge in [-0.3, -0.25) is 4.79 Å². The van der Waals surface area contributed by atoms with Crippen molar-refractivity contribution in [3.8, 4) is 5.75 Å². The zero-order valence-corrected chi connectivity index (χ0v) is 13.9. The summed E-state index contributed by atoms with van der Waals surface area (Å²) in [6, 6.07) is 8.53. The minimum atomic E-state index is -4.46. The molecule has 0 unspecified atom stereocenters. The van der Waals surface area contributed by atoms with Crippen molar-refractivity contribution in [1.29, 1.82) is 0 Å². The molecule has 24 heavy (non-hydrogen) atoms. The molecular formula is C16H12BrF3N2O2. The molecule has 2 rings (SSSR count). The summed E-state index contributed by atoms with van der Waals surface area (Å²) in [5, 5.41) is 13.6. The lowest BCUT2D eigenvalue weighted by Crippen LogP contribution is -2.19. The average Bonchev–Trinajstić information content (AvgIpc) is 2.53. The van der Waals surface area contributed by atoms with E-state index in [0.717, 1.165) is 28.7 Å². The van der Waals surface area contributed by atoms with Gasteiger partial charge in [0.1, 0.15) is 5.75 Å². The minimum absolute atomic E-state index is 0.0109. The van der Waals surface area contributed by atoms with Gasteiger partial charge >= 0.3 is 6.18 Å². The second kappa shape index (κ2) is 7.04. The SMILES string of the molecule is CC(=NNC(=O)c1ccc(C(F)(F)F)cc1)c1cc(Br)ccc1O. The minimum Gasteiger partial charge on any atom is -0.507 e. The van der Waals surface area contributed by atoms with E-state index in [1.807, 2.05) is 0 Å². The van der Waals surface area contributed by atoms with E-state index in [9.17, 15) is 23.1 Å². The molecule has 0 aliphatic rings. The van der Waals surface area contributed by atoms with Crippen LogP contribution in [0, 0.1) is 0 Å². The van der Waals surface area contributed by atoms with Gasteiger partial charge in [-0.05, 0) is 49.4 Å². The smallest absolute Gasteiger partial charge is 0.416 e. The van der Waals surface area contributed by atoms with Crippen molar-refractivity contribution in [2.75, 3.05) is 0 Å². The fraction of sp³-hybridized carbons (Fsp3) is 0.125.